The molecule has 22 heavy (non-hydrogen) atoms. The summed E-state index contributed by atoms with van der Waals surface area (Å²) >= 11 is 0. The van der Waals surface area contributed by atoms with Gasteiger partial charge in [0.2, 0.25) is 0 Å². The van der Waals surface area contributed by atoms with E-state index in [2.05, 4.69) is 0 Å². The Hall–Kier alpha value is -1.10. The molecule has 0 aliphatic carbocycles. The summed E-state index contributed by atoms with van der Waals surface area (Å²) in [5, 5.41) is 19.8. The van der Waals surface area contributed by atoms with Crippen LogP contribution in [0.3, 0.4) is 0 Å². The van der Waals surface area contributed by atoms with Crippen molar-refractivity contribution in [1.82, 2.24) is 0 Å². The molecular formula is C17H33O5-. The van der Waals surface area contributed by atoms with Gasteiger partial charge < -0.3 is 19.7 Å². The first-order valence-corrected chi connectivity index (χ1v) is 7.62. The Morgan fingerprint density at radius 1 is 0.909 bits per heavy atom. The lowest BCUT2D eigenvalue weighted by Crippen LogP contribution is -2.37. The molecule has 0 aromatic rings. The second kappa shape index (κ2) is 10.6. The van der Waals surface area contributed by atoms with Gasteiger partial charge >= 0.3 is 5.97 Å². The highest BCUT2D eigenvalue weighted by Gasteiger charge is 2.25. The Bertz CT molecular complexity index is 302. The zero-order chi connectivity index (χ0) is 16.5. The standard InChI is InChI=1S/C16H30O5.CH4/c1-15(2,13(17)18)9-5-7-11-21-12-8-6-10-16(3,4)14(19)20;/h5-12H2,1-4H3,(H,17,18)(H,19,20);1H4/p-1. The first-order valence-electron chi connectivity index (χ1n) is 7.62. The molecule has 0 fully saturated rings. The van der Waals surface area contributed by atoms with Crippen LogP contribution in [0.1, 0.15) is 73.6 Å². The fraction of sp³-hybridized carbons (Fsp3) is 0.882. The molecule has 0 spiro atoms. The highest BCUT2D eigenvalue weighted by atomic mass is 16.5. The molecule has 132 valence electrons. The van der Waals surface area contributed by atoms with Gasteiger partial charge in [-0.15, -0.1) is 0 Å². The molecule has 0 saturated carbocycles. The van der Waals surface area contributed by atoms with Crippen LogP contribution in [0.4, 0.5) is 0 Å². The summed E-state index contributed by atoms with van der Waals surface area (Å²) in [5.41, 5.74) is -1.45. The summed E-state index contributed by atoms with van der Waals surface area (Å²) in [7, 11) is 0. The third kappa shape index (κ3) is 9.77. The summed E-state index contributed by atoms with van der Waals surface area (Å²) in [4.78, 5) is 21.7. The highest BCUT2D eigenvalue weighted by Crippen LogP contribution is 2.23. The van der Waals surface area contributed by atoms with Crippen molar-refractivity contribution < 1.29 is 24.5 Å². The SMILES string of the molecule is C.CC(C)(CCCCOCCCCC(C)(C)C(=O)O)C(=O)[O-]. The van der Waals surface area contributed by atoms with Gasteiger partial charge in [-0.3, -0.25) is 4.79 Å². The number of carbonyl (C=O) groups is 2. The summed E-state index contributed by atoms with van der Waals surface area (Å²) in [5.74, 6) is -1.77. The average molecular weight is 317 g/mol. The van der Waals surface area contributed by atoms with Crippen molar-refractivity contribution in [2.24, 2.45) is 10.8 Å². The maximum absolute atomic E-state index is 10.9. The Morgan fingerprint density at radius 2 is 1.32 bits per heavy atom. The average Bonchev–Trinajstić information content (AvgIpc) is 2.36. The second-order valence-corrected chi connectivity index (χ2v) is 6.89. The van der Waals surface area contributed by atoms with E-state index < -0.39 is 22.8 Å². The molecule has 0 saturated heterocycles. The first-order chi connectivity index (χ1) is 9.59. The third-order valence-electron chi connectivity index (χ3n) is 3.81. The van der Waals surface area contributed by atoms with Crippen LogP contribution in [-0.2, 0) is 14.3 Å². The van der Waals surface area contributed by atoms with E-state index >= 15 is 0 Å². The van der Waals surface area contributed by atoms with Gasteiger partial charge in [0.05, 0.1) is 5.41 Å². The van der Waals surface area contributed by atoms with Gasteiger partial charge in [0.25, 0.3) is 0 Å². The number of aliphatic carboxylic acids is 2. The molecule has 0 unspecified atom stereocenters. The molecule has 0 aliphatic rings. The molecule has 0 aromatic carbocycles. The van der Waals surface area contributed by atoms with Crippen LogP contribution in [0.25, 0.3) is 0 Å². The smallest absolute Gasteiger partial charge is 0.309 e. The van der Waals surface area contributed by atoms with Gasteiger partial charge in [0.1, 0.15) is 0 Å². The third-order valence-corrected chi connectivity index (χ3v) is 3.81. The van der Waals surface area contributed by atoms with Crippen molar-refractivity contribution in [3.8, 4) is 0 Å². The molecule has 0 radical (unpaired) electrons. The van der Waals surface area contributed by atoms with Gasteiger partial charge in [-0.1, -0.05) is 34.1 Å². The lowest BCUT2D eigenvalue weighted by Gasteiger charge is -2.25. The maximum Gasteiger partial charge on any atom is 0.309 e. The number of carboxylic acids is 2. The number of ether oxygens (including phenoxy) is 1. The van der Waals surface area contributed by atoms with E-state index in [1.54, 1.807) is 27.7 Å². The lowest BCUT2D eigenvalue weighted by molar-refractivity contribution is -0.317. The van der Waals surface area contributed by atoms with Gasteiger partial charge in [-0.2, -0.15) is 0 Å². The van der Waals surface area contributed by atoms with E-state index in [0.29, 0.717) is 26.1 Å². The van der Waals surface area contributed by atoms with Crippen LogP contribution < -0.4 is 5.11 Å². The fourth-order valence-corrected chi connectivity index (χ4v) is 1.85. The summed E-state index contributed by atoms with van der Waals surface area (Å²) in [6.07, 6.45) is 4.54. The number of hydrogen-bond donors (Lipinski definition) is 1. The molecule has 0 aliphatic heterocycles. The minimum atomic E-state index is -1.01. The van der Waals surface area contributed by atoms with Crippen molar-refractivity contribution >= 4 is 11.9 Å². The zero-order valence-corrected chi connectivity index (χ0v) is 13.7. The Labute approximate surface area is 135 Å². The summed E-state index contributed by atoms with van der Waals surface area (Å²) in [6.45, 7) is 8.05. The molecule has 0 heterocycles. The minimum absolute atomic E-state index is 0. The second-order valence-electron chi connectivity index (χ2n) is 6.89. The predicted molar refractivity (Wildman–Crippen MR) is 85.5 cm³/mol. The normalized spacial score (nSPS) is 11.8. The highest BCUT2D eigenvalue weighted by molar-refractivity contribution is 5.73. The van der Waals surface area contributed by atoms with Crippen LogP contribution in [0, 0.1) is 10.8 Å². The Kier molecular flexibility index (Phi) is 11.2. The lowest BCUT2D eigenvalue weighted by atomic mass is 9.87. The maximum atomic E-state index is 10.9. The van der Waals surface area contributed by atoms with Crippen molar-refractivity contribution in [2.75, 3.05) is 13.2 Å². The molecule has 0 rings (SSSR count). The molecule has 0 aromatic heterocycles. The van der Waals surface area contributed by atoms with Crippen LogP contribution in [0.5, 0.6) is 0 Å². The van der Waals surface area contributed by atoms with Crippen LogP contribution in [-0.4, -0.2) is 30.3 Å². The zero-order valence-electron chi connectivity index (χ0n) is 13.7. The van der Waals surface area contributed by atoms with Gasteiger partial charge in [0.15, 0.2) is 0 Å². The molecule has 1 N–H and O–H groups in total. The van der Waals surface area contributed by atoms with E-state index in [9.17, 15) is 14.7 Å². The van der Waals surface area contributed by atoms with Crippen molar-refractivity contribution in [1.29, 1.82) is 0 Å². The Balaban J connectivity index is 0. The van der Waals surface area contributed by atoms with E-state index in [0.717, 1.165) is 25.7 Å². The largest absolute Gasteiger partial charge is 0.550 e. The van der Waals surface area contributed by atoms with Crippen molar-refractivity contribution in [3.05, 3.63) is 0 Å². The first kappa shape index (κ1) is 23.2. The van der Waals surface area contributed by atoms with Crippen molar-refractivity contribution in [2.45, 2.75) is 73.6 Å². The van der Waals surface area contributed by atoms with Gasteiger partial charge in [-0.25, -0.2) is 0 Å². The molecule has 0 amide bonds. The molecule has 5 nitrogen and oxygen atoms in total. The number of unbranched alkanes of at least 4 members (excludes halogenated alkanes) is 2. The van der Waals surface area contributed by atoms with Gasteiger partial charge in [-0.05, 0) is 39.5 Å². The van der Waals surface area contributed by atoms with E-state index in [-0.39, 0.29) is 7.43 Å². The number of rotatable bonds is 12. The van der Waals surface area contributed by atoms with E-state index in [1.165, 1.54) is 0 Å². The molecule has 0 bridgehead atoms. The summed E-state index contributed by atoms with van der Waals surface area (Å²) in [6, 6.07) is 0. The minimum Gasteiger partial charge on any atom is -0.550 e. The number of carbonyl (C=O) groups excluding carboxylic acids is 1. The quantitative estimate of drug-likeness (QED) is 0.559. The number of hydrogen-bond acceptors (Lipinski definition) is 4. The van der Waals surface area contributed by atoms with Gasteiger partial charge in [0, 0.05) is 24.6 Å². The molecular weight excluding hydrogens is 284 g/mol. The van der Waals surface area contributed by atoms with Crippen LogP contribution in [0.2, 0.25) is 0 Å². The van der Waals surface area contributed by atoms with E-state index in [4.69, 9.17) is 9.84 Å². The fourth-order valence-electron chi connectivity index (χ4n) is 1.85. The molecule has 0 atom stereocenters. The summed E-state index contributed by atoms with van der Waals surface area (Å²) < 4.78 is 5.47. The number of carboxylic acid groups (broad SMARTS) is 2. The topological polar surface area (TPSA) is 86.7 Å². The van der Waals surface area contributed by atoms with E-state index in [1.807, 2.05) is 0 Å². The van der Waals surface area contributed by atoms with Crippen LogP contribution >= 0.6 is 0 Å². The van der Waals surface area contributed by atoms with Crippen molar-refractivity contribution in [3.63, 3.8) is 0 Å². The van der Waals surface area contributed by atoms with Crippen LogP contribution in [0.15, 0.2) is 0 Å². The monoisotopic (exact) mass is 317 g/mol. The Morgan fingerprint density at radius 3 is 1.68 bits per heavy atom. The predicted octanol–water partition coefficient (Wildman–Crippen LogP) is 2.87. The molecule has 5 heteroatoms.